The van der Waals surface area contributed by atoms with E-state index in [0.717, 1.165) is 37.4 Å². The van der Waals surface area contributed by atoms with Gasteiger partial charge < -0.3 is 20.1 Å². The van der Waals surface area contributed by atoms with Gasteiger partial charge in [-0.15, -0.1) is 0 Å². The SMILES string of the molecule is Cc1cc(N2CC(C(=O)NCC3CCCCO3)C2)nc2c1c(=O)c(C(=O)O)cn2-c1ncns1. The van der Waals surface area contributed by atoms with E-state index < -0.39 is 11.4 Å². The average Bonchev–Trinajstić information content (AvgIpc) is 3.32. The quantitative estimate of drug-likeness (QED) is 0.531. The zero-order valence-corrected chi connectivity index (χ0v) is 19.4. The van der Waals surface area contributed by atoms with E-state index in [1.807, 2.05) is 4.90 Å². The third-order valence-corrected chi connectivity index (χ3v) is 6.95. The van der Waals surface area contributed by atoms with Crippen molar-refractivity contribution in [3.8, 4) is 5.13 Å². The lowest BCUT2D eigenvalue weighted by atomic mass is 9.98. The third-order valence-electron chi connectivity index (χ3n) is 6.28. The molecule has 34 heavy (non-hydrogen) atoms. The molecule has 2 saturated heterocycles. The van der Waals surface area contributed by atoms with Crippen LogP contribution in [0.2, 0.25) is 0 Å². The van der Waals surface area contributed by atoms with Gasteiger partial charge in [0.15, 0.2) is 5.65 Å². The normalized spacial score (nSPS) is 18.6. The summed E-state index contributed by atoms with van der Waals surface area (Å²) in [6.45, 7) is 4.04. The summed E-state index contributed by atoms with van der Waals surface area (Å²) in [4.78, 5) is 47.9. The van der Waals surface area contributed by atoms with Crippen molar-refractivity contribution in [3.05, 3.63) is 39.9 Å². The predicted octanol–water partition coefficient (Wildman–Crippen LogP) is 1.37. The second kappa shape index (κ2) is 9.11. The molecule has 0 spiro atoms. The minimum atomic E-state index is -1.32. The van der Waals surface area contributed by atoms with Crippen LogP contribution in [0.1, 0.15) is 35.2 Å². The molecule has 3 aromatic heterocycles. The first-order chi connectivity index (χ1) is 16.4. The number of rotatable bonds is 6. The number of carboxylic acids is 1. The number of hydrogen-bond donors (Lipinski definition) is 2. The number of nitrogens with one attached hydrogen (secondary N) is 1. The maximum atomic E-state index is 12.9. The molecule has 2 N–H and O–H groups in total. The summed E-state index contributed by atoms with van der Waals surface area (Å²) in [5.41, 5.74) is -0.0357. The fourth-order valence-electron chi connectivity index (χ4n) is 4.37. The van der Waals surface area contributed by atoms with Crippen molar-refractivity contribution in [2.75, 3.05) is 31.1 Å². The van der Waals surface area contributed by atoms with E-state index in [1.54, 1.807) is 13.0 Å². The second-order valence-corrected chi connectivity index (χ2v) is 9.36. The van der Waals surface area contributed by atoms with E-state index in [9.17, 15) is 19.5 Å². The maximum absolute atomic E-state index is 12.9. The molecular formula is C22H24N6O5S. The smallest absolute Gasteiger partial charge is 0.341 e. The van der Waals surface area contributed by atoms with E-state index in [0.29, 0.717) is 41.8 Å². The van der Waals surface area contributed by atoms with E-state index in [1.165, 1.54) is 17.1 Å². The van der Waals surface area contributed by atoms with Crippen LogP contribution in [0.5, 0.6) is 0 Å². The number of hydrogen-bond acceptors (Lipinski definition) is 9. The summed E-state index contributed by atoms with van der Waals surface area (Å²) in [7, 11) is 0. The van der Waals surface area contributed by atoms with Gasteiger partial charge in [0.05, 0.1) is 17.4 Å². The molecule has 2 aliphatic heterocycles. The van der Waals surface area contributed by atoms with Crippen molar-refractivity contribution in [2.24, 2.45) is 5.92 Å². The average molecular weight is 485 g/mol. The van der Waals surface area contributed by atoms with Crippen LogP contribution in [-0.4, -0.2) is 68.2 Å². The molecule has 11 nitrogen and oxygen atoms in total. The summed E-state index contributed by atoms with van der Waals surface area (Å²) in [6, 6.07) is 1.75. The molecule has 178 valence electrons. The fraction of sp³-hybridized carbons (Fsp3) is 0.455. The Hall–Kier alpha value is -3.38. The van der Waals surface area contributed by atoms with Crippen LogP contribution < -0.4 is 15.6 Å². The number of fused-ring (bicyclic) bond motifs is 1. The van der Waals surface area contributed by atoms with Gasteiger partial charge in [0.2, 0.25) is 16.5 Å². The summed E-state index contributed by atoms with van der Waals surface area (Å²) in [5, 5.41) is 13.1. The van der Waals surface area contributed by atoms with Gasteiger partial charge in [-0.25, -0.2) is 14.8 Å². The molecule has 2 fully saturated rings. The van der Waals surface area contributed by atoms with Crippen molar-refractivity contribution in [3.63, 3.8) is 0 Å². The standard InChI is InChI=1S/C22H24N6O5S/c1-12-6-16(27-8-13(9-27)20(30)23-7-14-4-2-3-5-33-14)26-19-17(12)18(29)15(21(31)32)10-28(19)22-24-11-25-34-22/h6,10-11,13-14H,2-5,7-9H2,1H3,(H,23,30)(H,31,32). The Morgan fingerprint density at radius 2 is 2.15 bits per heavy atom. The van der Waals surface area contributed by atoms with Gasteiger partial charge in [0, 0.05) is 44.0 Å². The van der Waals surface area contributed by atoms with Gasteiger partial charge in [0.1, 0.15) is 17.7 Å². The lowest BCUT2D eigenvalue weighted by molar-refractivity contribution is -0.126. The zero-order chi connectivity index (χ0) is 23.8. The fourth-order valence-corrected chi connectivity index (χ4v) is 4.88. The number of amides is 1. The molecular weight excluding hydrogens is 460 g/mol. The van der Waals surface area contributed by atoms with Crippen molar-refractivity contribution in [1.29, 1.82) is 0 Å². The summed E-state index contributed by atoms with van der Waals surface area (Å²) in [6.07, 6.45) is 5.86. The highest BCUT2D eigenvalue weighted by Gasteiger charge is 2.34. The Balaban J connectivity index is 1.38. The number of carbonyl (C=O) groups excluding carboxylic acids is 1. The van der Waals surface area contributed by atoms with Crippen LogP contribution in [0.25, 0.3) is 16.2 Å². The Bertz CT molecular complexity index is 1300. The molecule has 1 atom stereocenters. The number of anilines is 1. The Morgan fingerprint density at radius 3 is 2.82 bits per heavy atom. The Labute approximate surface area is 198 Å². The Morgan fingerprint density at radius 1 is 1.32 bits per heavy atom. The van der Waals surface area contributed by atoms with Crippen molar-refractivity contribution in [1.82, 2.24) is 24.2 Å². The van der Waals surface area contributed by atoms with Gasteiger partial charge in [-0.2, -0.15) is 4.37 Å². The van der Waals surface area contributed by atoms with Crippen LogP contribution >= 0.6 is 11.5 Å². The monoisotopic (exact) mass is 484 g/mol. The van der Waals surface area contributed by atoms with Crippen LogP contribution in [0.15, 0.2) is 23.4 Å². The molecule has 1 unspecified atom stereocenters. The summed E-state index contributed by atoms with van der Waals surface area (Å²) < 4.78 is 11.1. The number of aromatic nitrogens is 4. The topological polar surface area (TPSA) is 140 Å². The number of nitrogens with zero attached hydrogens (tertiary/aromatic N) is 5. The molecule has 0 radical (unpaired) electrons. The minimum Gasteiger partial charge on any atom is -0.477 e. The first-order valence-corrected chi connectivity index (χ1v) is 11.9. The third kappa shape index (κ3) is 4.14. The number of carboxylic acid groups (broad SMARTS) is 1. The molecule has 0 bridgehead atoms. The van der Waals surface area contributed by atoms with Crippen molar-refractivity contribution >= 4 is 40.3 Å². The highest BCUT2D eigenvalue weighted by molar-refractivity contribution is 7.08. The van der Waals surface area contributed by atoms with Crippen molar-refractivity contribution < 1.29 is 19.4 Å². The van der Waals surface area contributed by atoms with Crippen LogP contribution in [-0.2, 0) is 9.53 Å². The number of carbonyl (C=O) groups is 2. The summed E-state index contributed by atoms with van der Waals surface area (Å²) in [5.74, 6) is -0.852. The van der Waals surface area contributed by atoms with Crippen LogP contribution in [0, 0.1) is 12.8 Å². The molecule has 0 aliphatic carbocycles. The highest BCUT2D eigenvalue weighted by atomic mass is 32.1. The van der Waals surface area contributed by atoms with Crippen LogP contribution in [0.3, 0.4) is 0 Å². The van der Waals surface area contributed by atoms with Gasteiger partial charge in [0.25, 0.3) is 0 Å². The number of ether oxygens (including phenoxy) is 1. The minimum absolute atomic E-state index is 0.000182. The lowest BCUT2D eigenvalue weighted by Crippen LogP contribution is -2.55. The van der Waals surface area contributed by atoms with Gasteiger partial charge in [-0.1, -0.05) is 0 Å². The molecule has 12 heteroatoms. The number of pyridine rings is 2. The van der Waals surface area contributed by atoms with Gasteiger partial charge in [-0.05, 0) is 37.8 Å². The van der Waals surface area contributed by atoms with Gasteiger partial charge >= 0.3 is 5.97 Å². The first-order valence-electron chi connectivity index (χ1n) is 11.1. The molecule has 5 heterocycles. The molecule has 0 aromatic carbocycles. The largest absolute Gasteiger partial charge is 0.477 e. The van der Waals surface area contributed by atoms with E-state index in [-0.39, 0.29) is 28.9 Å². The predicted molar refractivity (Wildman–Crippen MR) is 125 cm³/mol. The summed E-state index contributed by atoms with van der Waals surface area (Å²) >= 11 is 1.07. The molecule has 5 rings (SSSR count). The zero-order valence-electron chi connectivity index (χ0n) is 18.6. The highest BCUT2D eigenvalue weighted by Crippen LogP contribution is 2.28. The number of aryl methyl sites for hydroxylation is 1. The Kier molecular flexibility index (Phi) is 6.00. The maximum Gasteiger partial charge on any atom is 0.341 e. The van der Waals surface area contributed by atoms with Crippen molar-refractivity contribution in [2.45, 2.75) is 32.3 Å². The molecule has 3 aromatic rings. The number of aromatic carboxylic acids is 1. The first kappa shape index (κ1) is 22.4. The molecule has 2 aliphatic rings. The van der Waals surface area contributed by atoms with E-state index in [2.05, 4.69) is 19.7 Å². The lowest BCUT2D eigenvalue weighted by Gasteiger charge is -2.39. The van der Waals surface area contributed by atoms with Gasteiger partial charge in [-0.3, -0.25) is 14.2 Å². The van der Waals surface area contributed by atoms with E-state index >= 15 is 0 Å². The second-order valence-electron chi connectivity index (χ2n) is 8.60. The molecule has 1 amide bonds. The van der Waals surface area contributed by atoms with Crippen LogP contribution in [0.4, 0.5) is 5.82 Å². The molecule has 0 saturated carbocycles. The van der Waals surface area contributed by atoms with E-state index in [4.69, 9.17) is 4.74 Å².